The van der Waals surface area contributed by atoms with Crippen molar-refractivity contribution in [2.24, 2.45) is 5.92 Å². The zero-order valence-electron chi connectivity index (χ0n) is 12.4. The number of aryl methyl sites for hydroxylation is 1. The Bertz CT molecular complexity index is 546. The van der Waals surface area contributed by atoms with Crippen molar-refractivity contribution < 1.29 is 8.42 Å². The molecule has 0 radical (unpaired) electrons. The van der Waals surface area contributed by atoms with Crippen LogP contribution in [0.1, 0.15) is 43.6 Å². The van der Waals surface area contributed by atoms with E-state index in [1.807, 2.05) is 6.92 Å². The second kappa shape index (κ2) is 6.56. The Balaban J connectivity index is 1.97. The smallest absolute Gasteiger partial charge is 0.250 e. The van der Waals surface area contributed by atoms with Crippen LogP contribution < -0.4 is 10.0 Å². The van der Waals surface area contributed by atoms with Gasteiger partial charge in [-0.2, -0.15) is 0 Å². The van der Waals surface area contributed by atoms with Gasteiger partial charge in [-0.05, 0) is 43.7 Å². The second-order valence-corrected chi connectivity index (χ2v) is 9.04. The van der Waals surface area contributed by atoms with Crippen molar-refractivity contribution in [2.45, 2.75) is 56.8 Å². The molecule has 1 aliphatic rings. The fraction of sp³-hybridized carbons (Fsp3) is 0.714. The number of sulfonamides is 1. The maximum Gasteiger partial charge on any atom is 0.250 e. The molecule has 2 N–H and O–H groups in total. The van der Waals surface area contributed by atoms with Gasteiger partial charge in [0, 0.05) is 24.0 Å². The number of thiophene rings is 1. The highest BCUT2D eigenvalue weighted by molar-refractivity contribution is 7.91. The molecule has 1 aliphatic carbocycles. The summed E-state index contributed by atoms with van der Waals surface area (Å²) in [5.41, 5.74) is 1.06. The number of rotatable bonds is 8. The Hall–Kier alpha value is -0.430. The third-order valence-corrected chi connectivity index (χ3v) is 6.58. The molecule has 2 rings (SSSR count). The lowest BCUT2D eigenvalue weighted by atomic mass is 10.1. The molecule has 1 heterocycles. The number of hydrogen-bond donors (Lipinski definition) is 2. The SMILES string of the molecule is Cc1cc(S(=O)(=O)NCCC(C)C)sc1CNC1CC1. The quantitative estimate of drug-likeness (QED) is 0.775. The fourth-order valence-electron chi connectivity index (χ4n) is 1.87. The summed E-state index contributed by atoms with van der Waals surface area (Å²) >= 11 is 1.38. The van der Waals surface area contributed by atoms with Gasteiger partial charge in [0.1, 0.15) is 4.21 Å². The summed E-state index contributed by atoms with van der Waals surface area (Å²) in [5.74, 6) is 0.501. The Morgan fingerprint density at radius 1 is 1.40 bits per heavy atom. The maximum absolute atomic E-state index is 12.2. The van der Waals surface area contributed by atoms with Gasteiger partial charge in [-0.15, -0.1) is 11.3 Å². The molecule has 1 fully saturated rings. The highest BCUT2D eigenvalue weighted by Crippen LogP contribution is 2.27. The summed E-state index contributed by atoms with van der Waals surface area (Å²) < 4.78 is 27.5. The van der Waals surface area contributed by atoms with Gasteiger partial charge in [0.2, 0.25) is 10.0 Å². The minimum Gasteiger partial charge on any atom is -0.309 e. The molecule has 0 atom stereocenters. The van der Waals surface area contributed by atoms with Gasteiger partial charge in [-0.25, -0.2) is 13.1 Å². The summed E-state index contributed by atoms with van der Waals surface area (Å²) in [7, 11) is -3.34. The Labute approximate surface area is 126 Å². The van der Waals surface area contributed by atoms with Gasteiger partial charge < -0.3 is 5.32 Å². The molecule has 0 aliphatic heterocycles. The van der Waals surface area contributed by atoms with E-state index in [1.54, 1.807) is 6.07 Å². The van der Waals surface area contributed by atoms with Crippen LogP contribution in [0, 0.1) is 12.8 Å². The van der Waals surface area contributed by atoms with Crippen LogP contribution in [0.25, 0.3) is 0 Å². The molecule has 0 saturated heterocycles. The summed E-state index contributed by atoms with van der Waals surface area (Å²) in [4.78, 5) is 1.13. The molecule has 1 saturated carbocycles. The van der Waals surface area contributed by atoms with Crippen molar-refractivity contribution in [2.75, 3.05) is 6.54 Å². The lowest BCUT2D eigenvalue weighted by molar-refractivity contribution is 0.553. The van der Waals surface area contributed by atoms with Crippen LogP contribution in [0.15, 0.2) is 10.3 Å². The molecule has 1 aromatic heterocycles. The lowest BCUT2D eigenvalue weighted by Gasteiger charge is -2.06. The van der Waals surface area contributed by atoms with Crippen LogP contribution >= 0.6 is 11.3 Å². The molecule has 0 unspecified atom stereocenters. The Morgan fingerprint density at radius 3 is 2.70 bits per heavy atom. The van der Waals surface area contributed by atoms with E-state index in [2.05, 4.69) is 23.9 Å². The zero-order chi connectivity index (χ0) is 14.8. The number of hydrogen-bond acceptors (Lipinski definition) is 4. The van der Waals surface area contributed by atoms with Crippen molar-refractivity contribution >= 4 is 21.4 Å². The molecule has 0 aromatic carbocycles. The van der Waals surface area contributed by atoms with Crippen LogP contribution in [0.4, 0.5) is 0 Å². The molecule has 20 heavy (non-hydrogen) atoms. The summed E-state index contributed by atoms with van der Waals surface area (Å²) in [6.07, 6.45) is 3.35. The van der Waals surface area contributed by atoms with Gasteiger partial charge >= 0.3 is 0 Å². The first-order valence-corrected chi connectivity index (χ1v) is 9.51. The van der Waals surface area contributed by atoms with E-state index in [4.69, 9.17) is 0 Å². The fourth-order valence-corrected chi connectivity index (χ4v) is 4.51. The first-order chi connectivity index (χ1) is 9.38. The highest BCUT2D eigenvalue weighted by atomic mass is 32.2. The van der Waals surface area contributed by atoms with Crippen LogP contribution in [0.2, 0.25) is 0 Å². The highest BCUT2D eigenvalue weighted by Gasteiger charge is 2.22. The Kier molecular flexibility index (Phi) is 5.23. The van der Waals surface area contributed by atoms with E-state index in [9.17, 15) is 8.42 Å². The monoisotopic (exact) mass is 316 g/mol. The standard InChI is InChI=1S/C14H24N2O2S2/c1-10(2)6-7-16-20(17,18)14-8-11(3)13(19-14)9-15-12-4-5-12/h8,10,12,15-16H,4-7,9H2,1-3H3. The maximum atomic E-state index is 12.2. The first kappa shape index (κ1) is 15.9. The summed E-state index contributed by atoms with van der Waals surface area (Å²) in [6.45, 7) is 7.44. The van der Waals surface area contributed by atoms with Crippen molar-refractivity contribution in [3.8, 4) is 0 Å². The van der Waals surface area contributed by atoms with E-state index in [-0.39, 0.29) is 0 Å². The van der Waals surface area contributed by atoms with E-state index >= 15 is 0 Å². The summed E-state index contributed by atoms with van der Waals surface area (Å²) in [6, 6.07) is 2.42. The average Bonchev–Trinajstić information content (AvgIpc) is 3.09. The van der Waals surface area contributed by atoms with Crippen LogP contribution in [0.3, 0.4) is 0 Å². The molecule has 0 amide bonds. The average molecular weight is 316 g/mol. The number of nitrogens with one attached hydrogen (secondary N) is 2. The van der Waals surface area contributed by atoms with Crippen LogP contribution in [-0.2, 0) is 16.6 Å². The lowest BCUT2D eigenvalue weighted by Crippen LogP contribution is -2.24. The molecular weight excluding hydrogens is 292 g/mol. The predicted molar refractivity (Wildman–Crippen MR) is 83.6 cm³/mol. The van der Waals surface area contributed by atoms with Crippen molar-refractivity contribution in [3.63, 3.8) is 0 Å². The molecule has 0 bridgehead atoms. The van der Waals surface area contributed by atoms with Gasteiger partial charge in [0.25, 0.3) is 0 Å². The van der Waals surface area contributed by atoms with Crippen molar-refractivity contribution in [1.82, 2.24) is 10.0 Å². The first-order valence-electron chi connectivity index (χ1n) is 7.21. The van der Waals surface area contributed by atoms with E-state index < -0.39 is 10.0 Å². The minimum absolute atomic E-state index is 0.436. The van der Waals surface area contributed by atoms with E-state index in [0.29, 0.717) is 22.7 Å². The predicted octanol–water partition coefficient (Wildman–Crippen LogP) is 2.63. The normalized spacial score (nSPS) is 16.0. The van der Waals surface area contributed by atoms with E-state index in [1.165, 1.54) is 24.2 Å². The van der Waals surface area contributed by atoms with Crippen LogP contribution in [0.5, 0.6) is 0 Å². The Morgan fingerprint density at radius 2 is 2.10 bits per heavy atom. The topological polar surface area (TPSA) is 58.2 Å². The van der Waals surface area contributed by atoms with Gasteiger partial charge in [-0.1, -0.05) is 13.8 Å². The minimum atomic E-state index is -3.34. The molecule has 4 nitrogen and oxygen atoms in total. The molecule has 114 valence electrons. The largest absolute Gasteiger partial charge is 0.309 e. The van der Waals surface area contributed by atoms with Gasteiger partial charge in [-0.3, -0.25) is 0 Å². The van der Waals surface area contributed by atoms with E-state index in [0.717, 1.165) is 23.4 Å². The zero-order valence-corrected chi connectivity index (χ0v) is 14.0. The summed E-state index contributed by atoms with van der Waals surface area (Å²) in [5, 5.41) is 3.43. The third-order valence-electron chi connectivity index (χ3n) is 3.41. The van der Waals surface area contributed by atoms with Gasteiger partial charge in [0.15, 0.2) is 0 Å². The second-order valence-electron chi connectivity index (χ2n) is 5.91. The third kappa shape index (κ3) is 4.55. The molecular formula is C14H24N2O2S2. The van der Waals surface area contributed by atoms with Crippen molar-refractivity contribution in [1.29, 1.82) is 0 Å². The molecule has 6 heteroatoms. The molecule has 1 aromatic rings. The van der Waals surface area contributed by atoms with Gasteiger partial charge in [0.05, 0.1) is 0 Å². The van der Waals surface area contributed by atoms with Crippen LogP contribution in [-0.4, -0.2) is 21.0 Å². The molecule has 0 spiro atoms. The van der Waals surface area contributed by atoms with Crippen molar-refractivity contribution in [3.05, 3.63) is 16.5 Å².